The highest BCUT2D eigenvalue weighted by molar-refractivity contribution is 6.27. The van der Waals surface area contributed by atoms with Crippen molar-refractivity contribution in [3.8, 4) is 5.75 Å². The number of amides is 1. The van der Waals surface area contributed by atoms with Crippen molar-refractivity contribution < 1.29 is 18.3 Å². The molecule has 0 radical (unpaired) electrons. The molecule has 1 aromatic rings. The quantitative estimate of drug-likeness (QED) is 0.516. The normalized spacial score (nSPS) is 24.9. The fourth-order valence-corrected chi connectivity index (χ4v) is 4.99. The van der Waals surface area contributed by atoms with Crippen LogP contribution in [0.15, 0.2) is 47.7 Å². The van der Waals surface area contributed by atoms with Crippen molar-refractivity contribution in [2.24, 2.45) is 5.92 Å². The predicted molar refractivity (Wildman–Crippen MR) is 121 cm³/mol. The molecule has 0 spiro atoms. The van der Waals surface area contributed by atoms with Gasteiger partial charge in [0.05, 0.1) is 0 Å². The van der Waals surface area contributed by atoms with Crippen molar-refractivity contribution in [3.63, 3.8) is 0 Å². The molecule has 2 atom stereocenters. The van der Waals surface area contributed by atoms with Gasteiger partial charge in [-0.25, -0.2) is 0 Å². The number of nitrogens with zero attached hydrogens (tertiary/aromatic N) is 2. The number of rotatable bonds is 5. The molecule has 4 nitrogen and oxygen atoms in total. The van der Waals surface area contributed by atoms with Crippen LogP contribution in [-0.2, 0) is 4.79 Å². The molecule has 1 fully saturated rings. The van der Waals surface area contributed by atoms with E-state index in [0.717, 1.165) is 44.1 Å². The molecule has 2 aliphatic rings. The number of benzene rings is 1. The molecule has 1 aromatic carbocycles. The van der Waals surface area contributed by atoms with Crippen molar-refractivity contribution in [1.29, 1.82) is 0 Å². The van der Waals surface area contributed by atoms with Crippen LogP contribution >= 0.6 is 11.6 Å². The number of ether oxygens (including phenoxy) is 1. The Morgan fingerprint density at radius 3 is 2.35 bits per heavy atom. The summed E-state index contributed by atoms with van der Waals surface area (Å²) in [5, 5.41) is 0. The Labute approximate surface area is 188 Å². The molecule has 3 rings (SSSR count). The zero-order chi connectivity index (χ0) is 22.8. The fourth-order valence-electron chi connectivity index (χ4n) is 4.85. The Balaban J connectivity index is 1.73. The van der Waals surface area contributed by atoms with Crippen LogP contribution < -0.4 is 9.64 Å². The van der Waals surface area contributed by atoms with E-state index in [1.165, 1.54) is 5.57 Å². The van der Waals surface area contributed by atoms with Crippen molar-refractivity contribution in [3.05, 3.63) is 47.7 Å². The maximum absolute atomic E-state index is 13.1. The Bertz CT molecular complexity index is 836. The summed E-state index contributed by atoms with van der Waals surface area (Å²) >= 11 is 5.79. The van der Waals surface area contributed by atoms with Gasteiger partial charge in [-0.15, -0.1) is 11.6 Å². The van der Waals surface area contributed by atoms with Gasteiger partial charge < -0.3 is 14.5 Å². The summed E-state index contributed by atoms with van der Waals surface area (Å²) in [6, 6.07) is 7.07. The third-order valence-electron chi connectivity index (χ3n) is 6.05. The van der Waals surface area contributed by atoms with Gasteiger partial charge >= 0.3 is 6.11 Å². The first-order valence-corrected chi connectivity index (χ1v) is 11.3. The first-order chi connectivity index (χ1) is 14.6. The molecule has 7 heteroatoms. The van der Waals surface area contributed by atoms with E-state index in [-0.39, 0.29) is 29.6 Å². The molecular formula is C24H31ClF2N2O2. The molecule has 1 saturated heterocycles. The molecule has 2 heterocycles. The standard InChI is InChI=1S/C24H31ClF2N2O2/c1-16-12-19(20-13-17(2)29(18(3)14-20)23(30)15-25)6-5-11-28(16)21-7-9-22(10-8-21)31-24(4,26)27/h6-10,12,17-18,20H,5,11,13-15H2,1-4H3. The van der Waals surface area contributed by atoms with Crippen LogP contribution in [-0.4, -0.2) is 41.4 Å². The number of hydrogen-bond donors (Lipinski definition) is 0. The zero-order valence-electron chi connectivity index (χ0n) is 18.6. The van der Waals surface area contributed by atoms with Crippen LogP contribution in [0.5, 0.6) is 5.75 Å². The van der Waals surface area contributed by atoms with E-state index in [9.17, 15) is 13.6 Å². The maximum atomic E-state index is 13.1. The SMILES string of the molecule is CC1=CC(C2CC(C)N(C(=O)CCl)C(C)C2)=CCCN1c1ccc(OC(C)(F)F)cc1. The minimum atomic E-state index is -3.20. The second kappa shape index (κ2) is 9.60. The van der Waals surface area contributed by atoms with Gasteiger partial charge in [0.25, 0.3) is 0 Å². The van der Waals surface area contributed by atoms with Crippen molar-refractivity contribution >= 4 is 23.2 Å². The van der Waals surface area contributed by atoms with Crippen LogP contribution in [0.25, 0.3) is 0 Å². The third-order valence-corrected chi connectivity index (χ3v) is 6.28. The Morgan fingerprint density at radius 2 is 1.81 bits per heavy atom. The van der Waals surface area contributed by atoms with Gasteiger partial charge in [0.15, 0.2) is 0 Å². The lowest BCUT2D eigenvalue weighted by molar-refractivity contribution is -0.159. The molecule has 2 unspecified atom stereocenters. The van der Waals surface area contributed by atoms with E-state index in [1.807, 2.05) is 17.0 Å². The van der Waals surface area contributed by atoms with E-state index in [4.69, 9.17) is 11.6 Å². The number of allylic oxidation sites excluding steroid dienone is 3. The van der Waals surface area contributed by atoms with E-state index in [1.54, 1.807) is 12.1 Å². The minimum Gasteiger partial charge on any atom is -0.433 e. The molecular weight excluding hydrogens is 422 g/mol. The van der Waals surface area contributed by atoms with Gasteiger partial charge in [-0.2, -0.15) is 8.78 Å². The average Bonchev–Trinajstić information content (AvgIpc) is 2.88. The molecule has 0 aliphatic carbocycles. The molecule has 0 aromatic heterocycles. The monoisotopic (exact) mass is 452 g/mol. The average molecular weight is 453 g/mol. The van der Waals surface area contributed by atoms with Crippen molar-refractivity contribution in [1.82, 2.24) is 4.90 Å². The second-order valence-corrected chi connectivity index (χ2v) is 8.90. The largest absolute Gasteiger partial charge is 0.433 e. The predicted octanol–water partition coefficient (Wildman–Crippen LogP) is 5.97. The molecule has 0 bridgehead atoms. The number of piperidine rings is 1. The Hall–Kier alpha value is -2.08. The highest BCUT2D eigenvalue weighted by atomic mass is 35.5. The molecule has 2 aliphatic heterocycles. The van der Waals surface area contributed by atoms with Crippen LogP contribution in [0.2, 0.25) is 0 Å². The number of alkyl halides is 3. The second-order valence-electron chi connectivity index (χ2n) is 8.63. The number of carbonyl (C=O) groups excluding carboxylic acids is 1. The van der Waals surface area contributed by atoms with Crippen molar-refractivity contribution in [2.75, 3.05) is 17.3 Å². The van der Waals surface area contributed by atoms with Gasteiger partial charge in [0.1, 0.15) is 11.6 Å². The van der Waals surface area contributed by atoms with Gasteiger partial charge in [0, 0.05) is 36.9 Å². The number of halogens is 3. The van der Waals surface area contributed by atoms with E-state index >= 15 is 0 Å². The van der Waals surface area contributed by atoms with Crippen LogP contribution in [0.1, 0.15) is 47.0 Å². The molecule has 1 amide bonds. The summed E-state index contributed by atoms with van der Waals surface area (Å²) in [7, 11) is 0. The highest BCUT2D eigenvalue weighted by Gasteiger charge is 2.34. The number of hydrogen-bond acceptors (Lipinski definition) is 3. The summed E-state index contributed by atoms with van der Waals surface area (Å²) in [5.41, 5.74) is 3.36. The smallest absolute Gasteiger partial charge is 0.394 e. The Morgan fingerprint density at radius 1 is 1.19 bits per heavy atom. The van der Waals surface area contributed by atoms with E-state index < -0.39 is 6.11 Å². The molecule has 0 saturated carbocycles. The summed E-state index contributed by atoms with van der Waals surface area (Å²) in [6.45, 7) is 7.80. The summed E-state index contributed by atoms with van der Waals surface area (Å²) in [5.74, 6) is 0.561. The van der Waals surface area contributed by atoms with E-state index in [2.05, 4.69) is 42.6 Å². The van der Waals surface area contributed by atoms with Crippen LogP contribution in [0.4, 0.5) is 14.5 Å². The number of anilines is 1. The molecule has 0 N–H and O–H groups in total. The number of likely N-dealkylation sites (tertiary alicyclic amines) is 1. The lowest BCUT2D eigenvalue weighted by Gasteiger charge is -2.43. The number of carbonyl (C=O) groups is 1. The lowest BCUT2D eigenvalue weighted by atomic mass is 9.81. The summed E-state index contributed by atoms with van der Waals surface area (Å²) in [4.78, 5) is 16.3. The summed E-state index contributed by atoms with van der Waals surface area (Å²) in [6.07, 6.45) is 4.04. The third kappa shape index (κ3) is 5.79. The van der Waals surface area contributed by atoms with E-state index in [0.29, 0.717) is 5.92 Å². The van der Waals surface area contributed by atoms with Gasteiger partial charge in [0.2, 0.25) is 5.91 Å². The maximum Gasteiger partial charge on any atom is 0.394 e. The summed E-state index contributed by atoms with van der Waals surface area (Å²) < 4.78 is 30.8. The van der Waals surface area contributed by atoms with Gasteiger partial charge in [-0.05, 0) is 81.9 Å². The first-order valence-electron chi connectivity index (χ1n) is 10.8. The molecule has 31 heavy (non-hydrogen) atoms. The van der Waals surface area contributed by atoms with Gasteiger partial charge in [-0.3, -0.25) is 4.79 Å². The molecule has 170 valence electrons. The highest BCUT2D eigenvalue weighted by Crippen LogP contribution is 2.36. The van der Waals surface area contributed by atoms with Gasteiger partial charge in [-0.1, -0.05) is 6.08 Å². The lowest BCUT2D eigenvalue weighted by Crippen LogP contribution is -2.50. The Kier molecular flexibility index (Phi) is 7.30. The first kappa shape index (κ1) is 23.6. The van der Waals surface area contributed by atoms with Crippen LogP contribution in [0.3, 0.4) is 0 Å². The fraction of sp³-hybridized carbons (Fsp3) is 0.542. The van der Waals surface area contributed by atoms with Crippen molar-refractivity contribution in [2.45, 2.75) is 65.1 Å². The van der Waals surface area contributed by atoms with Crippen LogP contribution in [0, 0.1) is 5.92 Å². The topological polar surface area (TPSA) is 32.8 Å². The minimum absolute atomic E-state index is 0.00104. The zero-order valence-corrected chi connectivity index (χ0v) is 19.3.